The first-order chi connectivity index (χ1) is 10.1. The van der Waals surface area contributed by atoms with Gasteiger partial charge in [0.15, 0.2) is 5.96 Å². The zero-order valence-electron chi connectivity index (χ0n) is 13.6. The molecule has 21 heavy (non-hydrogen) atoms. The fraction of sp³-hybridized carbons (Fsp3) is 0.941. The monoisotopic (exact) mass is 293 g/mol. The van der Waals surface area contributed by atoms with E-state index in [4.69, 9.17) is 4.99 Å². The summed E-state index contributed by atoms with van der Waals surface area (Å²) in [5.41, 5.74) is 0. The molecule has 0 unspecified atom stereocenters. The Kier molecular flexibility index (Phi) is 4.72. The Hall–Kier alpha value is -0.770. The topological polar surface area (TPSA) is 47.9 Å². The van der Waals surface area contributed by atoms with Gasteiger partial charge in [0.1, 0.15) is 0 Å². The Morgan fingerprint density at radius 1 is 1.24 bits per heavy atom. The highest BCUT2D eigenvalue weighted by molar-refractivity contribution is 5.83. The molecule has 2 N–H and O–H groups in total. The van der Waals surface area contributed by atoms with Gasteiger partial charge in [0, 0.05) is 18.1 Å². The minimum absolute atomic E-state index is 0.142. The molecule has 120 valence electrons. The van der Waals surface area contributed by atoms with E-state index in [2.05, 4.69) is 17.1 Å². The number of hydrogen-bond acceptors (Lipinski definition) is 4. The van der Waals surface area contributed by atoms with E-state index in [-0.39, 0.29) is 6.10 Å². The molecule has 0 amide bonds. The summed E-state index contributed by atoms with van der Waals surface area (Å²) >= 11 is 0. The third-order valence-corrected chi connectivity index (χ3v) is 5.37. The molecule has 4 nitrogen and oxygen atoms in total. The number of hydrogen-bond donors (Lipinski definition) is 2. The zero-order chi connectivity index (χ0) is 14.8. The van der Waals surface area contributed by atoms with E-state index in [9.17, 15) is 5.11 Å². The third-order valence-electron chi connectivity index (χ3n) is 5.37. The van der Waals surface area contributed by atoms with Crippen molar-refractivity contribution in [2.75, 3.05) is 0 Å². The van der Waals surface area contributed by atoms with Crippen molar-refractivity contribution in [1.29, 1.82) is 0 Å². The van der Waals surface area contributed by atoms with Gasteiger partial charge in [-0.3, -0.25) is 0 Å². The van der Waals surface area contributed by atoms with Crippen LogP contribution in [0.2, 0.25) is 0 Å². The van der Waals surface area contributed by atoms with Crippen molar-refractivity contribution in [3.63, 3.8) is 0 Å². The van der Waals surface area contributed by atoms with Gasteiger partial charge in [0.05, 0.1) is 12.1 Å². The van der Waals surface area contributed by atoms with E-state index < -0.39 is 0 Å². The molecule has 2 fully saturated rings. The fourth-order valence-corrected chi connectivity index (χ4v) is 4.35. The molecule has 3 rings (SSSR count). The Bertz CT molecular complexity index is 382. The van der Waals surface area contributed by atoms with Gasteiger partial charge >= 0.3 is 0 Å². The van der Waals surface area contributed by atoms with Gasteiger partial charge in [0.25, 0.3) is 0 Å². The third kappa shape index (κ3) is 3.53. The molecule has 3 heterocycles. The molecular formula is C17H31N3O. The van der Waals surface area contributed by atoms with Crippen LogP contribution in [0, 0.1) is 0 Å². The maximum atomic E-state index is 9.29. The van der Waals surface area contributed by atoms with Crippen LogP contribution in [0.1, 0.15) is 71.6 Å². The molecule has 0 aliphatic carbocycles. The van der Waals surface area contributed by atoms with Gasteiger partial charge in [-0.05, 0) is 52.4 Å². The molecule has 4 heteroatoms. The van der Waals surface area contributed by atoms with Crippen molar-refractivity contribution in [2.24, 2.45) is 4.99 Å². The highest BCUT2D eigenvalue weighted by Crippen LogP contribution is 2.36. The molecule has 0 spiro atoms. The number of nitrogens with zero attached hydrogens (tertiary/aromatic N) is 2. The molecule has 0 radical (unpaired) electrons. The van der Waals surface area contributed by atoms with Crippen LogP contribution in [0.15, 0.2) is 4.99 Å². The molecule has 0 aromatic carbocycles. The van der Waals surface area contributed by atoms with E-state index in [0.29, 0.717) is 12.1 Å². The maximum absolute atomic E-state index is 9.29. The summed E-state index contributed by atoms with van der Waals surface area (Å²) < 4.78 is 0. The van der Waals surface area contributed by atoms with Crippen molar-refractivity contribution in [3.8, 4) is 0 Å². The lowest BCUT2D eigenvalue weighted by atomic mass is 9.97. The maximum Gasteiger partial charge on any atom is 0.194 e. The predicted octanol–water partition coefficient (Wildman–Crippen LogP) is 2.66. The van der Waals surface area contributed by atoms with Crippen LogP contribution in [0.4, 0.5) is 0 Å². The summed E-state index contributed by atoms with van der Waals surface area (Å²) in [7, 11) is 0. The Morgan fingerprint density at radius 2 is 2.00 bits per heavy atom. The molecule has 0 bridgehead atoms. The first-order valence-electron chi connectivity index (χ1n) is 8.94. The van der Waals surface area contributed by atoms with Crippen LogP contribution >= 0.6 is 0 Å². The highest BCUT2D eigenvalue weighted by atomic mass is 16.3. The second kappa shape index (κ2) is 6.55. The number of guanidine groups is 1. The average Bonchev–Trinajstić information content (AvgIpc) is 2.82. The summed E-state index contributed by atoms with van der Waals surface area (Å²) in [5, 5.41) is 12.9. The lowest BCUT2D eigenvalue weighted by Gasteiger charge is -2.44. The summed E-state index contributed by atoms with van der Waals surface area (Å²) in [4.78, 5) is 7.60. The van der Waals surface area contributed by atoms with Gasteiger partial charge in [-0.25, -0.2) is 4.99 Å². The van der Waals surface area contributed by atoms with Crippen molar-refractivity contribution in [2.45, 2.75) is 102 Å². The van der Waals surface area contributed by atoms with Crippen molar-refractivity contribution >= 4 is 5.96 Å². The minimum Gasteiger partial charge on any atom is -0.393 e. The smallest absolute Gasteiger partial charge is 0.194 e. The van der Waals surface area contributed by atoms with E-state index in [1.807, 2.05) is 6.92 Å². The second-order valence-corrected chi connectivity index (χ2v) is 7.40. The minimum atomic E-state index is -0.142. The summed E-state index contributed by atoms with van der Waals surface area (Å²) in [6.45, 7) is 4.17. The molecule has 5 atom stereocenters. The standard InChI is InChI=1S/C17H31N3O/c1-12-10-15-8-9-16-11-14(19-17(18-12)20(15)16)7-5-3-4-6-13(2)21/h12-16,21H,3-11H2,1-2H3,(H,18,19)/t12-,13+,14-,15+,16-/m1/s1. The van der Waals surface area contributed by atoms with Crippen LogP contribution in [0.25, 0.3) is 0 Å². The summed E-state index contributed by atoms with van der Waals surface area (Å²) in [6, 6.07) is 2.58. The normalized spacial score (nSPS) is 36.0. The number of rotatable bonds is 6. The number of aliphatic hydroxyl groups is 1. The number of aliphatic hydroxyl groups excluding tert-OH is 1. The molecular weight excluding hydrogens is 262 g/mol. The molecule has 3 aliphatic heterocycles. The molecule has 0 saturated carbocycles. The number of nitrogens with one attached hydrogen (secondary N) is 1. The number of aliphatic imine (C=N–C) groups is 1. The Labute approximate surface area is 129 Å². The van der Waals surface area contributed by atoms with Gasteiger partial charge in [-0.2, -0.15) is 0 Å². The Balaban J connectivity index is 1.50. The van der Waals surface area contributed by atoms with Gasteiger partial charge in [-0.1, -0.05) is 19.3 Å². The molecule has 0 aromatic heterocycles. The second-order valence-electron chi connectivity index (χ2n) is 7.40. The largest absolute Gasteiger partial charge is 0.393 e. The van der Waals surface area contributed by atoms with Gasteiger partial charge in [0.2, 0.25) is 0 Å². The lowest BCUT2D eigenvalue weighted by molar-refractivity contribution is 0.179. The van der Waals surface area contributed by atoms with Crippen molar-refractivity contribution in [3.05, 3.63) is 0 Å². The SMILES string of the molecule is C[C@H](O)CCCCC[C@@H]1C[C@H]2CC[C@H]3C[C@@H](C)NC(=N1)N23. The average molecular weight is 293 g/mol. The molecule has 0 aromatic rings. The van der Waals surface area contributed by atoms with E-state index in [1.165, 1.54) is 50.9 Å². The highest BCUT2D eigenvalue weighted by Gasteiger charge is 2.43. The van der Waals surface area contributed by atoms with Crippen LogP contribution in [0.5, 0.6) is 0 Å². The van der Waals surface area contributed by atoms with E-state index >= 15 is 0 Å². The van der Waals surface area contributed by atoms with Gasteiger partial charge in [-0.15, -0.1) is 0 Å². The van der Waals surface area contributed by atoms with Crippen LogP contribution in [-0.4, -0.2) is 46.2 Å². The summed E-state index contributed by atoms with van der Waals surface area (Å²) in [6.07, 6.45) is 10.9. The van der Waals surface area contributed by atoms with Crippen molar-refractivity contribution < 1.29 is 5.11 Å². The zero-order valence-corrected chi connectivity index (χ0v) is 13.6. The summed E-state index contributed by atoms with van der Waals surface area (Å²) in [5.74, 6) is 1.20. The van der Waals surface area contributed by atoms with Crippen LogP contribution in [0.3, 0.4) is 0 Å². The van der Waals surface area contributed by atoms with E-state index in [1.54, 1.807) is 0 Å². The first kappa shape index (κ1) is 15.1. The van der Waals surface area contributed by atoms with Crippen molar-refractivity contribution in [1.82, 2.24) is 10.2 Å². The Morgan fingerprint density at radius 3 is 2.76 bits per heavy atom. The molecule has 3 aliphatic rings. The first-order valence-corrected chi connectivity index (χ1v) is 8.94. The predicted molar refractivity (Wildman–Crippen MR) is 86.5 cm³/mol. The molecule has 2 saturated heterocycles. The fourth-order valence-electron chi connectivity index (χ4n) is 4.35. The van der Waals surface area contributed by atoms with Gasteiger partial charge < -0.3 is 15.3 Å². The van der Waals surface area contributed by atoms with Crippen LogP contribution in [-0.2, 0) is 0 Å². The number of unbranched alkanes of at least 4 members (excludes halogenated alkanes) is 2. The quantitative estimate of drug-likeness (QED) is 0.740. The van der Waals surface area contributed by atoms with E-state index in [0.717, 1.165) is 24.9 Å². The van der Waals surface area contributed by atoms with Crippen LogP contribution < -0.4 is 5.32 Å². The lowest BCUT2D eigenvalue weighted by Crippen LogP contribution is -2.59.